The van der Waals surface area contributed by atoms with Crippen molar-refractivity contribution in [1.29, 1.82) is 0 Å². The van der Waals surface area contributed by atoms with Crippen molar-refractivity contribution in [2.75, 3.05) is 38.1 Å². The number of hydrogen-bond donors (Lipinski definition) is 3. The first-order chi connectivity index (χ1) is 17.0. The Labute approximate surface area is 201 Å². The Morgan fingerprint density at radius 3 is 2.91 bits per heavy atom. The molecule has 0 spiro atoms. The zero-order valence-corrected chi connectivity index (χ0v) is 19.2. The van der Waals surface area contributed by atoms with Crippen molar-refractivity contribution in [3.63, 3.8) is 0 Å². The number of aromatic nitrogens is 2. The quantitative estimate of drug-likeness (QED) is 0.467. The standard InChI is InChI=1S/C25H28FN5O4/c26-18-3-1-16-2-6-24(34)31(20(16)11-18)10-9-30-8-7-21(32)17(14-30)12-27-13-19-4-5-22-25(28-19)29-23(33)15-35-22/h1-6,11,17,21,27,32H,7-10,12-15H2,(H,28,29,33). The zero-order valence-electron chi connectivity index (χ0n) is 19.2. The lowest BCUT2D eigenvalue weighted by Crippen LogP contribution is -2.48. The number of aliphatic hydroxyl groups is 1. The van der Waals surface area contributed by atoms with Gasteiger partial charge in [0, 0.05) is 51.3 Å². The number of aliphatic hydroxyl groups excluding tert-OH is 1. The van der Waals surface area contributed by atoms with Crippen molar-refractivity contribution in [2.24, 2.45) is 5.92 Å². The number of carbonyl (C=O) groups is 1. The molecular weight excluding hydrogens is 453 g/mol. The van der Waals surface area contributed by atoms with Crippen LogP contribution in [0, 0.1) is 11.7 Å². The van der Waals surface area contributed by atoms with Crippen LogP contribution >= 0.6 is 0 Å². The molecular formula is C25H28FN5O4. The van der Waals surface area contributed by atoms with Crippen LogP contribution in [0.2, 0.25) is 0 Å². The molecule has 10 heteroatoms. The number of rotatable bonds is 7. The normalized spacial score (nSPS) is 20.3. The third-order valence-corrected chi connectivity index (χ3v) is 6.62. The summed E-state index contributed by atoms with van der Waals surface area (Å²) < 4.78 is 20.7. The SMILES string of the molecule is O=C1COc2ccc(CNCC3CN(CCn4c(=O)ccc5ccc(F)cc54)CCC3O)nc2N1. The number of ether oxygens (including phenoxy) is 1. The van der Waals surface area contributed by atoms with E-state index in [4.69, 9.17) is 4.74 Å². The molecule has 5 rings (SSSR count). The van der Waals surface area contributed by atoms with Gasteiger partial charge in [-0.3, -0.25) is 9.59 Å². The lowest BCUT2D eigenvalue weighted by atomic mass is 9.94. The van der Waals surface area contributed by atoms with Gasteiger partial charge in [0.15, 0.2) is 18.2 Å². The first-order valence-corrected chi connectivity index (χ1v) is 11.8. The molecule has 1 saturated heterocycles. The van der Waals surface area contributed by atoms with Gasteiger partial charge in [-0.25, -0.2) is 9.37 Å². The van der Waals surface area contributed by atoms with Crippen LogP contribution in [0.4, 0.5) is 10.2 Å². The van der Waals surface area contributed by atoms with Crippen LogP contribution in [0.1, 0.15) is 12.1 Å². The Kier molecular flexibility index (Phi) is 6.76. The summed E-state index contributed by atoms with van der Waals surface area (Å²) in [6.45, 7) is 3.57. The average Bonchev–Trinajstić information content (AvgIpc) is 2.85. The number of likely N-dealkylation sites (tertiary alicyclic amines) is 1. The summed E-state index contributed by atoms with van der Waals surface area (Å²) in [4.78, 5) is 30.6. The second kappa shape index (κ2) is 10.1. The van der Waals surface area contributed by atoms with Gasteiger partial charge in [-0.15, -0.1) is 0 Å². The van der Waals surface area contributed by atoms with E-state index in [1.807, 2.05) is 6.07 Å². The number of fused-ring (bicyclic) bond motifs is 2. The first-order valence-electron chi connectivity index (χ1n) is 11.8. The zero-order chi connectivity index (χ0) is 24.4. The van der Waals surface area contributed by atoms with Gasteiger partial charge in [0.05, 0.1) is 17.3 Å². The highest BCUT2D eigenvalue weighted by atomic mass is 19.1. The Hall–Kier alpha value is -3.34. The van der Waals surface area contributed by atoms with Gasteiger partial charge in [-0.2, -0.15) is 0 Å². The largest absolute Gasteiger partial charge is 0.480 e. The number of halogens is 1. The number of nitrogens with one attached hydrogen (secondary N) is 2. The van der Waals surface area contributed by atoms with Crippen molar-refractivity contribution in [3.05, 3.63) is 64.3 Å². The van der Waals surface area contributed by atoms with E-state index in [1.165, 1.54) is 18.2 Å². The Morgan fingerprint density at radius 1 is 1.17 bits per heavy atom. The summed E-state index contributed by atoms with van der Waals surface area (Å²) in [5.41, 5.74) is 1.20. The van der Waals surface area contributed by atoms with Gasteiger partial charge in [0.1, 0.15) is 5.82 Å². The second-order valence-corrected chi connectivity index (χ2v) is 9.06. The van der Waals surface area contributed by atoms with Crippen LogP contribution < -0.4 is 20.9 Å². The number of pyridine rings is 2. The van der Waals surface area contributed by atoms with Crippen LogP contribution in [0.25, 0.3) is 10.9 Å². The molecule has 4 heterocycles. The fourth-order valence-corrected chi connectivity index (χ4v) is 4.72. The molecule has 1 amide bonds. The van der Waals surface area contributed by atoms with Gasteiger partial charge in [0.25, 0.3) is 11.5 Å². The summed E-state index contributed by atoms with van der Waals surface area (Å²) in [7, 11) is 0. The molecule has 3 aromatic rings. The van der Waals surface area contributed by atoms with Crippen LogP contribution in [0.15, 0.2) is 47.3 Å². The molecule has 1 aromatic carbocycles. The summed E-state index contributed by atoms with van der Waals surface area (Å²) in [6, 6.07) is 11.3. The van der Waals surface area contributed by atoms with E-state index < -0.39 is 6.10 Å². The van der Waals surface area contributed by atoms with E-state index in [1.54, 1.807) is 22.8 Å². The molecule has 35 heavy (non-hydrogen) atoms. The Balaban J connectivity index is 1.17. The third-order valence-electron chi connectivity index (χ3n) is 6.62. The maximum absolute atomic E-state index is 13.8. The lowest BCUT2D eigenvalue weighted by molar-refractivity contribution is -0.118. The molecule has 2 aliphatic heterocycles. The average molecular weight is 482 g/mol. The Morgan fingerprint density at radius 2 is 2.03 bits per heavy atom. The minimum atomic E-state index is -0.419. The molecule has 3 N–H and O–H groups in total. The lowest BCUT2D eigenvalue weighted by Gasteiger charge is -2.36. The van der Waals surface area contributed by atoms with Crippen LogP contribution in [-0.4, -0.2) is 64.4 Å². The number of hydrogen-bond acceptors (Lipinski definition) is 7. The van der Waals surface area contributed by atoms with E-state index in [-0.39, 0.29) is 29.8 Å². The third kappa shape index (κ3) is 5.34. The molecule has 184 valence electrons. The number of piperidine rings is 1. The van der Waals surface area contributed by atoms with Crippen molar-refractivity contribution >= 4 is 22.6 Å². The van der Waals surface area contributed by atoms with Crippen LogP contribution in [-0.2, 0) is 17.9 Å². The summed E-state index contributed by atoms with van der Waals surface area (Å²) in [5.74, 6) is 0.405. The molecule has 0 bridgehead atoms. The fraction of sp³-hybridized carbons (Fsp3) is 0.400. The molecule has 0 saturated carbocycles. The molecule has 2 aromatic heterocycles. The van der Waals surface area contributed by atoms with Gasteiger partial charge in [-0.1, -0.05) is 0 Å². The Bertz CT molecular complexity index is 1300. The number of amides is 1. The number of anilines is 1. The van der Waals surface area contributed by atoms with Crippen molar-refractivity contribution in [3.8, 4) is 5.75 Å². The summed E-state index contributed by atoms with van der Waals surface area (Å²) >= 11 is 0. The highest BCUT2D eigenvalue weighted by Gasteiger charge is 2.27. The van der Waals surface area contributed by atoms with Crippen molar-refractivity contribution < 1.29 is 19.0 Å². The predicted octanol–water partition coefficient (Wildman–Crippen LogP) is 1.34. The summed E-state index contributed by atoms with van der Waals surface area (Å²) in [6.07, 6.45) is 0.226. The topological polar surface area (TPSA) is 109 Å². The van der Waals surface area contributed by atoms with Gasteiger partial charge in [0.2, 0.25) is 0 Å². The van der Waals surface area contributed by atoms with Gasteiger partial charge < -0.3 is 29.9 Å². The molecule has 2 atom stereocenters. The number of nitrogens with zero attached hydrogens (tertiary/aromatic N) is 3. The van der Waals surface area contributed by atoms with E-state index in [9.17, 15) is 19.1 Å². The summed E-state index contributed by atoms with van der Waals surface area (Å²) in [5, 5.41) is 17.4. The molecule has 2 unspecified atom stereocenters. The smallest absolute Gasteiger partial charge is 0.263 e. The number of benzene rings is 1. The first kappa shape index (κ1) is 23.4. The van der Waals surface area contributed by atoms with E-state index in [0.29, 0.717) is 56.2 Å². The van der Waals surface area contributed by atoms with Crippen LogP contribution in [0.3, 0.4) is 0 Å². The van der Waals surface area contributed by atoms with Gasteiger partial charge in [-0.05, 0) is 48.2 Å². The van der Waals surface area contributed by atoms with Crippen molar-refractivity contribution in [2.45, 2.75) is 25.6 Å². The van der Waals surface area contributed by atoms with E-state index >= 15 is 0 Å². The molecule has 9 nitrogen and oxygen atoms in total. The maximum Gasteiger partial charge on any atom is 0.263 e. The predicted molar refractivity (Wildman–Crippen MR) is 129 cm³/mol. The number of carbonyl (C=O) groups excluding carboxylic acids is 1. The maximum atomic E-state index is 13.8. The molecule has 2 aliphatic rings. The molecule has 0 radical (unpaired) electrons. The molecule has 0 aliphatic carbocycles. The molecule has 1 fully saturated rings. The highest BCUT2D eigenvalue weighted by Crippen LogP contribution is 2.25. The highest BCUT2D eigenvalue weighted by molar-refractivity contribution is 5.94. The second-order valence-electron chi connectivity index (χ2n) is 9.06. The minimum Gasteiger partial charge on any atom is -0.480 e. The van der Waals surface area contributed by atoms with Crippen LogP contribution in [0.5, 0.6) is 5.75 Å². The van der Waals surface area contributed by atoms with E-state index in [0.717, 1.165) is 17.6 Å². The monoisotopic (exact) mass is 481 g/mol. The minimum absolute atomic E-state index is 0.00559. The van der Waals surface area contributed by atoms with Crippen molar-refractivity contribution in [1.82, 2.24) is 19.8 Å². The van der Waals surface area contributed by atoms with Gasteiger partial charge >= 0.3 is 0 Å². The fourth-order valence-electron chi connectivity index (χ4n) is 4.72. The van der Waals surface area contributed by atoms with E-state index in [2.05, 4.69) is 20.5 Å².